The Morgan fingerprint density at radius 3 is 1.64 bits per heavy atom. The van der Waals surface area contributed by atoms with Crippen molar-refractivity contribution in [1.29, 1.82) is 0 Å². The van der Waals surface area contributed by atoms with Gasteiger partial charge in [-0.15, -0.1) is 11.3 Å². The van der Waals surface area contributed by atoms with Crippen molar-refractivity contribution in [2.45, 2.75) is 0 Å². The van der Waals surface area contributed by atoms with Crippen molar-refractivity contribution in [2.24, 2.45) is 0 Å². The summed E-state index contributed by atoms with van der Waals surface area (Å²) in [6, 6.07) is 51.1. The minimum Gasteiger partial charge on any atom is -0.452 e. The maximum Gasteiger partial charge on any atom is 0.180 e. The second kappa shape index (κ2) is 11.5. The second-order valence-corrected chi connectivity index (χ2v) is 13.1. The lowest BCUT2D eigenvalue weighted by Crippen LogP contribution is -2.00. The maximum atomic E-state index is 6.52. The highest BCUT2D eigenvalue weighted by atomic mass is 32.1. The molecule has 0 saturated carbocycles. The minimum atomic E-state index is 0.629. The average molecular weight is 660 g/mol. The monoisotopic (exact) mass is 659 g/mol. The first-order valence-corrected chi connectivity index (χ1v) is 17.2. The molecule has 6 nitrogen and oxygen atoms in total. The van der Waals surface area contributed by atoms with Gasteiger partial charge in [-0.1, -0.05) is 127 Å². The Hall–Kier alpha value is -6.57. The molecule has 234 valence electrons. The van der Waals surface area contributed by atoms with Crippen LogP contribution in [0, 0.1) is 0 Å². The molecule has 0 bridgehead atoms. The maximum absolute atomic E-state index is 6.52. The number of hydrogen-bond acceptors (Lipinski definition) is 7. The van der Waals surface area contributed by atoms with Gasteiger partial charge < -0.3 is 4.42 Å². The summed E-state index contributed by atoms with van der Waals surface area (Å²) in [6.45, 7) is 0. The molecule has 0 N–H and O–H groups in total. The summed E-state index contributed by atoms with van der Waals surface area (Å²) < 4.78 is 8.75. The van der Waals surface area contributed by atoms with Gasteiger partial charge >= 0.3 is 0 Å². The van der Waals surface area contributed by atoms with E-state index in [9.17, 15) is 0 Å². The van der Waals surface area contributed by atoms with Crippen LogP contribution >= 0.6 is 11.3 Å². The average Bonchev–Trinajstić information content (AvgIpc) is 3.77. The van der Waals surface area contributed by atoms with Crippen molar-refractivity contribution in [3.05, 3.63) is 152 Å². The van der Waals surface area contributed by atoms with Gasteiger partial charge in [0.25, 0.3) is 0 Å². The van der Waals surface area contributed by atoms with Gasteiger partial charge in [-0.05, 0) is 24.3 Å². The molecule has 50 heavy (non-hydrogen) atoms. The summed E-state index contributed by atoms with van der Waals surface area (Å²) >= 11 is 1.73. The van der Waals surface area contributed by atoms with Crippen LogP contribution in [0.2, 0.25) is 0 Å². The van der Waals surface area contributed by atoms with Crippen LogP contribution < -0.4 is 0 Å². The lowest BCUT2D eigenvalue weighted by Gasteiger charge is -2.09. The van der Waals surface area contributed by atoms with Crippen molar-refractivity contribution in [1.82, 2.24) is 24.9 Å². The number of rotatable bonds is 5. The molecule has 6 aromatic carbocycles. The molecular weight excluding hydrogens is 635 g/mol. The molecule has 0 aliphatic rings. The standard InChI is InChI=1S/C43H25N5OS/c1-4-14-26(15-5-1)40-44-36-29-20-10-11-24-33(29)49-38(36)37(45-40)30-21-13-25-34-35(30)31-22-12-23-32(39(31)50-34)43-47-41(27-16-6-2-7-17-27)46-42(48-43)28-18-8-3-9-19-28/h1-25H. The number of hydrogen-bond donors (Lipinski definition) is 0. The van der Waals surface area contributed by atoms with Crippen LogP contribution in [0.25, 0.3) is 99.1 Å². The molecule has 0 amide bonds. The minimum absolute atomic E-state index is 0.629. The fraction of sp³-hybridized carbons (Fsp3) is 0. The topological polar surface area (TPSA) is 77.6 Å². The molecule has 0 aliphatic heterocycles. The zero-order valence-corrected chi connectivity index (χ0v) is 27.3. The van der Waals surface area contributed by atoms with E-state index in [4.69, 9.17) is 29.3 Å². The Morgan fingerprint density at radius 1 is 0.420 bits per heavy atom. The number of fused-ring (bicyclic) bond motifs is 6. The third kappa shape index (κ3) is 4.67. The number of aromatic nitrogens is 5. The van der Waals surface area contributed by atoms with Crippen LogP contribution in [-0.2, 0) is 0 Å². The predicted molar refractivity (Wildman–Crippen MR) is 203 cm³/mol. The molecule has 10 aromatic rings. The Morgan fingerprint density at radius 2 is 0.960 bits per heavy atom. The number of furan rings is 1. The number of benzene rings is 6. The van der Waals surface area contributed by atoms with E-state index in [-0.39, 0.29) is 0 Å². The lowest BCUT2D eigenvalue weighted by molar-refractivity contribution is 0.667. The highest BCUT2D eigenvalue weighted by Crippen LogP contribution is 2.45. The van der Waals surface area contributed by atoms with Gasteiger partial charge in [0.2, 0.25) is 0 Å². The number of para-hydroxylation sites is 1. The second-order valence-electron chi connectivity index (χ2n) is 12.0. The normalized spacial score (nSPS) is 11.6. The van der Waals surface area contributed by atoms with Crippen molar-refractivity contribution >= 4 is 53.6 Å². The van der Waals surface area contributed by atoms with E-state index < -0.39 is 0 Å². The Labute approximate surface area is 290 Å². The number of thiophene rings is 1. The molecule has 10 rings (SSSR count). The Balaban J connectivity index is 1.23. The third-order valence-corrected chi connectivity index (χ3v) is 10.2. The van der Waals surface area contributed by atoms with Crippen molar-refractivity contribution in [3.63, 3.8) is 0 Å². The first-order chi connectivity index (χ1) is 24.8. The van der Waals surface area contributed by atoms with Gasteiger partial charge in [-0.25, -0.2) is 24.9 Å². The Kier molecular flexibility index (Phi) is 6.57. The fourth-order valence-electron chi connectivity index (χ4n) is 6.64. The Bertz CT molecular complexity index is 2810. The molecule has 0 radical (unpaired) electrons. The van der Waals surface area contributed by atoms with E-state index in [1.165, 1.54) is 0 Å². The van der Waals surface area contributed by atoms with Crippen molar-refractivity contribution < 1.29 is 4.42 Å². The van der Waals surface area contributed by atoms with Gasteiger partial charge in [-0.3, -0.25) is 0 Å². The van der Waals surface area contributed by atoms with E-state index in [2.05, 4.69) is 42.5 Å². The van der Waals surface area contributed by atoms with Gasteiger partial charge in [0.1, 0.15) is 16.8 Å². The molecule has 0 atom stereocenters. The quantitative estimate of drug-likeness (QED) is 0.183. The van der Waals surface area contributed by atoms with E-state index >= 15 is 0 Å². The van der Waals surface area contributed by atoms with Gasteiger partial charge in [0, 0.05) is 53.4 Å². The zero-order valence-electron chi connectivity index (χ0n) is 26.5. The highest BCUT2D eigenvalue weighted by Gasteiger charge is 2.22. The van der Waals surface area contributed by atoms with Crippen molar-refractivity contribution in [3.8, 4) is 56.8 Å². The summed E-state index contributed by atoms with van der Waals surface area (Å²) in [7, 11) is 0. The largest absolute Gasteiger partial charge is 0.452 e. The molecular formula is C43H25N5OS. The first kappa shape index (κ1) is 28.4. The summed E-state index contributed by atoms with van der Waals surface area (Å²) in [5.74, 6) is 2.55. The van der Waals surface area contributed by atoms with Crippen LogP contribution in [0.3, 0.4) is 0 Å². The molecule has 0 saturated heterocycles. The SMILES string of the molecule is c1ccc(-c2nc(-c3ccccc3)nc(-c3cccc4c3sc3cccc(-c5nc(-c6ccccc6)nc6c5oc5ccccc56)c34)n2)cc1. The number of nitrogens with zero attached hydrogens (tertiary/aromatic N) is 5. The van der Waals surface area contributed by atoms with Crippen LogP contribution in [0.1, 0.15) is 0 Å². The van der Waals surface area contributed by atoms with E-state index in [0.717, 1.165) is 70.2 Å². The molecule has 0 spiro atoms. The molecule has 4 heterocycles. The molecule has 7 heteroatoms. The predicted octanol–water partition coefficient (Wildman–Crippen LogP) is 11.3. The smallest absolute Gasteiger partial charge is 0.180 e. The first-order valence-electron chi connectivity index (χ1n) is 16.3. The summed E-state index contributed by atoms with van der Waals surface area (Å²) in [5, 5.41) is 3.17. The van der Waals surface area contributed by atoms with Gasteiger partial charge in [0.05, 0.1) is 0 Å². The fourth-order valence-corrected chi connectivity index (χ4v) is 7.88. The zero-order chi connectivity index (χ0) is 33.0. The van der Waals surface area contributed by atoms with Gasteiger partial charge in [-0.2, -0.15) is 0 Å². The molecule has 4 aromatic heterocycles. The van der Waals surface area contributed by atoms with E-state index in [1.54, 1.807) is 11.3 Å². The lowest BCUT2D eigenvalue weighted by atomic mass is 10.0. The van der Waals surface area contributed by atoms with Gasteiger partial charge in [0.15, 0.2) is 28.9 Å². The molecule has 0 fully saturated rings. The van der Waals surface area contributed by atoms with Crippen LogP contribution in [0.4, 0.5) is 0 Å². The summed E-state index contributed by atoms with van der Waals surface area (Å²) in [6.07, 6.45) is 0. The van der Waals surface area contributed by atoms with E-state index in [1.807, 2.05) is 109 Å². The highest BCUT2D eigenvalue weighted by molar-refractivity contribution is 7.26. The molecule has 0 aliphatic carbocycles. The van der Waals surface area contributed by atoms with Crippen molar-refractivity contribution in [2.75, 3.05) is 0 Å². The third-order valence-electron chi connectivity index (χ3n) is 8.97. The van der Waals surface area contributed by atoms with Crippen LogP contribution in [-0.4, -0.2) is 24.9 Å². The van der Waals surface area contributed by atoms with Crippen LogP contribution in [0.5, 0.6) is 0 Å². The molecule has 0 unspecified atom stereocenters. The van der Waals surface area contributed by atoms with E-state index in [0.29, 0.717) is 28.9 Å². The summed E-state index contributed by atoms with van der Waals surface area (Å²) in [5.41, 5.74) is 7.78. The van der Waals surface area contributed by atoms with Crippen LogP contribution in [0.15, 0.2) is 156 Å². The summed E-state index contributed by atoms with van der Waals surface area (Å²) in [4.78, 5) is 25.3.